The molecule has 1 aliphatic carbocycles. The molecule has 0 aromatic carbocycles. The summed E-state index contributed by atoms with van der Waals surface area (Å²) in [4.78, 5) is 24.0. The molecule has 0 aromatic rings. The molecule has 1 aliphatic heterocycles. The van der Waals surface area contributed by atoms with Crippen LogP contribution in [0.3, 0.4) is 0 Å². The molecule has 1 fully saturated rings. The van der Waals surface area contributed by atoms with Crippen LogP contribution in [0.2, 0.25) is 0 Å². The quantitative estimate of drug-likeness (QED) is 0.843. The second kappa shape index (κ2) is 5.59. The summed E-state index contributed by atoms with van der Waals surface area (Å²) in [6.07, 6.45) is 4.05. The normalized spacial score (nSPS) is 21.7. The van der Waals surface area contributed by atoms with Crippen LogP contribution in [0.4, 0.5) is 4.79 Å². The Morgan fingerprint density at radius 2 is 2.16 bits per heavy atom. The fourth-order valence-electron chi connectivity index (χ4n) is 2.69. The molecule has 1 saturated carbocycles. The number of amides is 2. The van der Waals surface area contributed by atoms with E-state index in [0.717, 1.165) is 0 Å². The third-order valence-corrected chi connectivity index (χ3v) is 4.14. The Balaban J connectivity index is 1.99. The second-order valence-electron chi connectivity index (χ2n) is 5.46. The van der Waals surface area contributed by atoms with Gasteiger partial charge in [0.05, 0.1) is 18.2 Å². The van der Waals surface area contributed by atoms with Crippen LogP contribution in [0.15, 0.2) is 5.10 Å². The number of carboxylic acid groups (broad SMARTS) is 1. The van der Waals surface area contributed by atoms with E-state index in [9.17, 15) is 9.59 Å². The van der Waals surface area contributed by atoms with E-state index in [1.165, 1.54) is 42.6 Å². The van der Waals surface area contributed by atoms with Crippen molar-refractivity contribution in [2.24, 2.45) is 11.0 Å². The highest BCUT2D eigenvalue weighted by Gasteiger charge is 2.32. The Labute approximate surface area is 113 Å². The number of carbonyl (C=O) groups is 2. The van der Waals surface area contributed by atoms with Crippen molar-refractivity contribution in [3.63, 3.8) is 0 Å². The van der Waals surface area contributed by atoms with Crippen molar-refractivity contribution >= 4 is 17.7 Å². The highest BCUT2D eigenvalue weighted by Crippen LogP contribution is 2.27. The largest absolute Gasteiger partial charge is 0.465 e. The third kappa shape index (κ3) is 3.05. The molecule has 6 heteroatoms. The third-order valence-electron chi connectivity index (χ3n) is 4.14. The summed E-state index contributed by atoms with van der Waals surface area (Å²) in [5.41, 5.74) is 0.646. The van der Waals surface area contributed by atoms with Crippen LogP contribution in [0, 0.1) is 5.92 Å². The van der Waals surface area contributed by atoms with Crippen LogP contribution in [0.1, 0.15) is 39.0 Å². The first-order valence-corrected chi connectivity index (χ1v) is 6.82. The minimum Gasteiger partial charge on any atom is -0.465 e. The second-order valence-corrected chi connectivity index (χ2v) is 5.46. The molecule has 0 bridgehead atoms. The molecular formula is C13H21N3O3. The van der Waals surface area contributed by atoms with Crippen molar-refractivity contribution in [3.05, 3.63) is 0 Å². The molecule has 1 atom stereocenters. The van der Waals surface area contributed by atoms with Crippen molar-refractivity contribution in [1.29, 1.82) is 0 Å². The zero-order valence-electron chi connectivity index (χ0n) is 11.5. The van der Waals surface area contributed by atoms with Gasteiger partial charge >= 0.3 is 6.09 Å². The van der Waals surface area contributed by atoms with Gasteiger partial charge in [-0.25, -0.2) is 9.80 Å². The highest BCUT2D eigenvalue weighted by atomic mass is 16.4. The predicted octanol–water partition coefficient (Wildman–Crippen LogP) is 1.76. The Bertz CT molecular complexity index is 402. The van der Waals surface area contributed by atoms with E-state index in [4.69, 9.17) is 5.11 Å². The molecule has 2 amide bonds. The lowest BCUT2D eigenvalue weighted by atomic mass is 10.1. The molecule has 1 unspecified atom stereocenters. The predicted molar refractivity (Wildman–Crippen MR) is 71.0 cm³/mol. The van der Waals surface area contributed by atoms with Gasteiger partial charge in [-0.3, -0.25) is 4.79 Å². The van der Waals surface area contributed by atoms with E-state index >= 15 is 0 Å². The summed E-state index contributed by atoms with van der Waals surface area (Å²) >= 11 is 0. The lowest BCUT2D eigenvalue weighted by Crippen LogP contribution is -2.39. The van der Waals surface area contributed by atoms with Gasteiger partial charge in [0.25, 0.3) is 0 Å². The van der Waals surface area contributed by atoms with Gasteiger partial charge in [0.2, 0.25) is 5.91 Å². The SMILES string of the molecule is CC(C1=NN(CC2CCCC2)C(=O)C1)N(C)C(=O)O. The van der Waals surface area contributed by atoms with Crippen molar-refractivity contribution in [2.75, 3.05) is 13.6 Å². The van der Waals surface area contributed by atoms with Crippen molar-refractivity contribution in [2.45, 2.75) is 45.1 Å². The van der Waals surface area contributed by atoms with Gasteiger partial charge in [-0.05, 0) is 25.7 Å². The minimum absolute atomic E-state index is 0.00691. The van der Waals surface area contributed by atoms with Crippen LogP contribution >= 0.6 is 0 Å². The fraction of sp³-hybridized carbons (Fsp3) is 0.769. The van der Waals surface area contributed by atoms with Gasteiger partial charge in [-0.2, -0.15) is 5.10 Å². The van der Waals surface area contributed by atoms with Crippen molar-refractivity contribution in [3.8, 4) is 0 Å². The summed E-state index contributed by atoms with van der Waals surface area (Å²) in [7, 11) is 1.50. The van der Waals surface area contributed by atoms with E-state index in [1.807, 2.05) is 0 Å². The number of hydrazone groups is 1. The van der Waals surface area contributed by atoms with Crippen LogP contribution < -0.4 is 0 Å². The minimum atomic E-state index is -1.00. The summed E-state index contributed by atoms with van der Waals surface area (Å²) in [5.74, 6) is 0.548. The molecule has 0 spiro atoms. The van der Waals surface area contributed by atoms with Gasteiger partial charge in [-0.1, -0.05) is 12.8 Å². The first-order valence-electron chi connectivity index (χ1n) is 6.82. The number of rotatable bonds is 4. The first kappa shape index (κ1) is 13.8. The topological polar surface area (TPSA) is 73.2 Å². The van der Waals surface area contributed by atoms with Gasteiger partial charge in [0.1, 0.15) is 0 Å². The maximum absolute atomic E-state index is 11.9. The lowest BCUT2D eigenvalue weighted by molar-refractivity contribution is -0.129. The molecule has 19 heavy (non-hydrogen) atoms. The van der Waals surface area contributed by atoms with Crippen LogP contribution in [0.5, 0.6) is 0 Å². The lowest BCUT2D eigenvalue weighted by Gasteiger charge is -2.21. The highest BCUT2D eigenvalue weighted by molar-refractivity contribution is 6.07. The molecule has 0 aromatic heterocycles. The fourth-order valence-corrected chi connectivity index (χ4v) is 2.69. The average molecular weight is 267 g/mol. The van der Waals surface area contributed by atoms with Crippen molar-refractivity contribution in [1.82, 2.24) is 9.91 Å². The molecular weight excluding hydrogens is 246 g/mol. The molecule has 0 saturated heterocycles. The van der Waals surface area contributed by atoms with Gasteiger partial charge in [0, 0.05) is 13.6 Å². The van der Waals surface area contributed by atoms with E-state index in [0.29, 0.717) is 18.2 Å². The first-order chi connectivity index (χ1) is 8.99. The molecule has 2 rings (SSSR count). The van der Waals surface area contributed by atoms with Gasteiger partial charge in [-0.15, -0.1) is 0 Å². The maximum atomic E-state index is 11.9. The summed E-state index contributed by atoms with van der Waals surface area (Å²) in [6, 6.07) is -0.352. The number of hydrogen-bond donors (Lipinski definition) is 1. The number of carbonyl (C=O) groups excluding carboxylic acids is 1. The van der Waals surface area contributed by atoms with Crippen LogP contribution in [-0.4, -0.2) is 52.4 Å². The zero-order valence-corrected chi connectivity index (χ0v) is 11.5. The molecule has 1 N–H and O–H groups in total. The molecule has 106 valence electrons. The Kier molecular flexibility index (Phi) is 4.07. The summed E-state index contributed by atoms with van der Waals surface area (Å²) in [6.45, 7) is 2.45. The summed E-state index contributed by atoms with van der Waals surface area (Å²) < 4.78 is 0. The maximum Gasteiger partial charge on any atom is 0.407 e. The number of hydrogen-bond acceptors (Lipinski definition) is 3. The Morgan fingerprint density at radius 1 is 1.53 bits per heavy atom. The average Bonchev–Trinajstić information content (AvgIpc) is 2.99. The molecule has 1 heterocycles. The van der Waals surface area contributed by atoms with Gasteiger partial charge in [0.15, 0.2) is 0 Å². The smallest absolute Gasteiger partial charge is 0.407 e. The van der Waals surface area contributed by atoms with E-state index in [-0.39, 0.29) is 18.4 Å². The molecule has 2 aliphatic rings. The van der Waals surface area contributed by atoms with Gasteiger partial charge < -0.3 is 10.0 Å². The zero-order chi connectivity index (χ0) is 14.0. The monoisotopic (exact) mass is 267 g/mol. The molecule has 0 radical (unpaired) electrons. The Morgan fingerprint density at radius 3 is 2.74 bits per heavy atom. The standard InChI is InChI=1S/C13H21N3O3/c1-9(15(2)13(18)19)11-7-12(17)16(14-11)8-10-5-3-4-6-10/h9-10H,3-8H2,1-2H3,(H,18,19). The summed E-state index contributed by atoms with van der Waals surface area (Å²) in [5, 5.41) is 14.8. The van der Waals surface area contributed by atoms with Crippen LogP contribution in [0.25, 0.3) is 0 Å². The van der Waals surface area contributed by atoms with Crippen molar-refractivity contribution < 1.29 is 14.7 Å². The van der Waals surface area contributed by atoms with E-state index in [1.54, 1.807) is 6.92 Å². The molecule has 6 nitrogen and oxygen atoms in total. The number of nitrogens with zero attached hydrogens (tertiary/aromatic N) is 3. The Hall–Kier alpha value is -1.59. The van der Waals surface area contributed by atoms with Crippen LogP contribution in [-0.2, 0) is 4.79 Å². The van der Waals surface area contributed by atoms with E-state index < -0.39 is 6.09 Å². The van der Waals surface area contributed by atoms with E-state index in [2.05, 4.69) is 5.10 Å².